The van der Waals surface area contributed by atoms with E-state index < -0.39 is 0 Å². The van der Waals surface area contributed by atoms with Crippen LogP contribution < -0.4 is 5.32 Å². The molecule has 0 aliphatic heterocycles. The highest BCUT2D eigenvalue weighted by Gasteiger charge is 2.21. The van der Waals surface area contributed by atoms with E-state index >= 15 is 0 Å². The molecule has 0 aliphatic carbocycles. The second-order valence-corrected chi connectivity index (χ2v) is 4.72. The van der Waals surface area contributed by atoms with Crippen molar-refractivity contribution in [2.24, 2.45) is 0 Å². The van der Waals surface area contributed by atoms with Crippen molar-refractivity contribution in [1.29, 1.82) is 0 Å². The molecule has 0 fully saturated rings. The van der Waals surface area contributed by atoms with Gasteiger partial charge in [-0.3, -0.25) is 4.98 Å². The van der Waals surface area contributed by atoms with Gasteiger partial charge in [0.1, 0.15) is 0 Å². The number of aliphatic hydroxyl groups excluding tert-OH is 1. The summed E-state index contributed by atoms with van der Waals surface area (Å²) in [5, 5.41) is 12.4. The number of hydrogen-bond donors (Lipinski definition) is 2. The first-order valence-electron chi connectivity index (χ1n) is 5.10. The zero-order valence-electron chi connectivity index (χ0n) is 9.13. The van der Waals surface area contributed by atoms with E-state index in [1.54, 1.807) is 12.4 Å². The molecular formula is C11H17BrN2O. The molecule has 1 aromatic heterocycles. The first kappa shape index (κ1) is 12.5. The number of nitrogens with one attached hydrogen (secondary N) is 1. The number of pyridine rings is 1. The Labute approximate surface area is 99.1 Å². The highest BCUT2D eigenvalue weighted by Crippen LogP contribution is 2.26. The zero-order chi connectivity index (χ0) is 11.3. The smallest absolute Gasteiger partial charge is 0.0590 e. The van der Waals surface area contributed by atoms with Gasteiger partial charge in [-0.1, -0.05) is 6.92 Å². The van der Waals surface area contributed by atoms with Crippen LogP contribution in [0.1, 0.15) is 26.7 Å². The SMILES string of the molecule is CCC(C)(CCO)Nc1ccncc1Br. The topological polar surface area (TPSA) is 45.1 Å². The maximum Gasteiger partial charge on any atom is 0.0590 e. The lowest BCUT2D eigenvalue weighted by atomic mass is 9.94. The number of rotatable bonds is 5. The maximum atomic E-state index is 9.02. The van der Waals surface area contributed by atoms with Gasteiger partial charge in [0.15, 0.2) is 0 Å². The van der Waals surface area contributed by atoms with Crippen LogP contribution in [-0.4, -0.2) is 22.2 Å². The maximum absolute atomic E-state index is 9.02. The van der Waals surface area contributed by atoms with Gasteiger partial charge in [0, 0.05) is 24.5 Å². The van der Waals surface area contributed by atoms with E-state index in [1.807, 2.05) is 6.07 Å². The van der Waals surface area contributed by atoms with Crippen molar-refractivity contribution in [2.75, 3.05) is 11.9 Å². The Morgan fingerprint density at radius 2 is 2.33 bits per heavy atom. The van der Waals surface area contributed by atoms with Gasteiger partial charge in [-0.2, -0.15) is 0 Å². The standard InChI is InChI=1S/C11H17BrN2O/c1-3-11(2,5-7-15)14-10-4-6-13-8-9(10)12/h4,6,8,15H,3,5,7H2,1-2H3,(H,13,14). The summed E-state index contributed by atoms with van der Waals surface area (Å²) in [4.78, 5) is 4.01. The molecule has 0 saturated heterocycles. The Balaban J connectivity index is 2.79. The number of aromatic nitrogens is 1. The molecule has 0 spiro atoms. The van der Waals surface area contributed by atoms with Crippen molar-refractivity contribution >= 4 is 21.6 Å². The van der Waals surface area contributed by atoms with Crippen molar-refractivity contribution in [3.05, 3.63) is 22.9 Å². The fraction of sp³-hybridized carbons (Fsp3) is 0.545. The van der Waals surface area contributed by atoms with E-state index in [0.717, 1.165) is 23.0 Å². The van der Waals surface area contributed by atoms with Crippen molar-refractivity contribution in [3.63, 3.8) is 0 Å². The van der Waals surface area contributed by atoms with Gasteiger partial charge in [0.05, 0.1) is 10.2 Å². The molecule has 15 heavy (non-hydrogen) atoms. The summed E-state index contributed by atoms with van der Waals surface area (Å²) in [5.41, 5.74) is 0.946. The lowest BCUT2D eigenvalue weighted by molar-refractivity contribution is 0.252. The Bertz CT molecular complexity index is 319. The number of nitrogens with zero attached hydrogens (tertiary/aromatic N) is 1. The van der Waals surface area contributed by atoms with Crippen LogP contribution in [0.4, 0.5) is 5.69 Å². The van der Waals surface area contributed by atoms with Crippen LogP contribution in [-0.2, 0) is 0 Å². The minimum Gasteiger partial charge on any atom is -0.396 e. The van der Waals surface area contributed by atoms with Crippen LogP contribution >= 0.6 is 15.9 Å². The van der Waals surface area contributed by atoms with E-state index in [-0.39, 0.29) is 12.1 Å². The van der Waals surface area contributed by atoms with Gasteiger partial charge in [-0.25, -0.2) is 0 Å². The first-order chi connectivity index (χ1) is 7.11. The molecule has 1 atom stereocenters. The fourth-order valence-corrected chi connectivity index (χ4v) is 1.73. The molecule has 1 heterocycles. The molecule has 0 bridgehead atoms. The number of hydrogen-bond acceptors (Lipinski definition) is 3. The molecule has 0 aliphatic rings. The predicted octanol–water partition coefficient (Wildman–Crippen LogP) is 2.81. The molecule has 0 amide bonds. The van der Waals surface area contributed by atoms with E-state index in [1.165, 1.54) is 0 Å². The summed E-state index contributed by atoms with van der Waals surface area (Å²) in [6.45, 7) is 4.41. The predicted molar refractivity (Wildman–Crippen MR) is 66.0 cm³/mol. The van der Waals surface area contributed by atoms with Gasteiger partial charge in [0.25, 0.3) is 0 Å². The molecule has 1 unspecified atom stereocenters. The summed E-state index contributed by atoms with van der Waals surface area (Å²) in [7, 11) is 0. The molecule has 0 saturated carbocycles. The van der Waals surface area contributed by atoms with Crippen molar-refractivity contribution in [2.45, 2.75) is 32.2 Å². The molecule has 4 heteroatoms. The summed E-state index contributed by atoms with van der Waals surface area (Å²) < 4.78 is 0.947. The minimum absolute atomic E-state index is 0.0708. The summed E-state index contributed by atoms with van der Waals surface area (Å²) >= 11 is 3.44. The van der Waals surface area contributed by atoms with Crippen LogP contribution in [0, 0.1) is 0 Å². The van der Waals surface area contributed by atoms with Gasteiger partial charge in [-0.05, 0) is 41.8 Å². The lowest BCUT2D eigenvalue weighted by Gasteiger charge is -2.30. The van der Waals surface area contributed by atoms with Crippen LogP contribution in [0.25, 0.3) is 0 Å². The third-order valence-corrected chi connectivity index (χ3v) is 3.28. The second-order valence-electron chi connectivity index (χ2n) is 3.87. The molecule has 1 rings (SSSR count). The van der Waals surface area contributed by atoms with Crippen molar-refractivity contribution in [3.8, 4) is 0 Å². The largest absolute Gasteiger partial charge is 0.396 e. The van der Waals surface area contributed by atoms with Crippen molar-refractivity contribution < 1.29 is 5.11 Å². The molecule has 3 nitrogen and oxygen atoms in total. The normalized spacial score (nSPS) is 14.7. The third kappa shape index (κ3) is 3.47. The van der Waals surface area contributed by atoms with E-state index in [2.05, 4.69) is 40.1 Å². The molecule has 0 radical (unpaired) electrons. The molecule has 2 N–H and O–H groups in total. The summed E-state index contributed by atoms with van der Waals surface area (Å²) in [6, 6.07) is 1.93. The van der Waals surface area contributed by atoms with Gasteiger partial charge in [0.2, 0.25) is 0 Å². The van der Waals surface area contributed by atoms with Crippen molar-refractivity contribution in [1.82, 2.24) is 4.98 Å². The Morgan fingerprint density at radius 1 is 1.60 bits per heavy atom. The highest BCUT2D eigenvalue weighted by molar-refractivity contribution is 9.10. The number of halogens is 1. The zero-order valence-corrected chi connectivity index (χ0v) is 10.7. The van der Waals surface area contributed by atoms with Crippen LogP contribution in [0.2, 0.25) is 0 Å². The number of aliphatic hydroxyl groups is 1. The fourth-order valence-electron chi connectivity index (χ4n) is 1.38. The molecule has 84 valence electrons. The van der Waals surface area contributed by atoms with Crippen LogP contribution in [0.15, 0.2) is 22.9 Å². The quantitative estimate of drug-likeness (QED) is 0.867. The van der Waals surface area contributed by atoms with Crippen LogP contribution in [0.5, 0.6) is 0 Å². The Kier molecular flexibility index (Phi) is 4.54. The minimum atomic E-state index is -0.0708. The lowest BCUT2D eigenvalue weighted by Crippen LogP contribution is -2.35. The Morgan fingerprint density at radius 3 is 2.87 bits per heavy atom. The van der Waals surface area contributed by atoms with E-state index in [4.69, 9.17) is 5.11 Å². The van der Waals surface area contributed by atoms with Crippen LogP contribution in [0.3, 0.4) is 0 Å². The van der Waals surface area contributed by atoms with E-state index in [0.29, 0.717) is 0 Å². The second kappa shape index (κ2) is 5.47. The molecular weight excluding hydrogens is 256 g/mol. The van der Waals surface area contributed by atoms with Gasteiger partial charge in [-0.15, -0.1) is 0 Å². The van der Waals surface area contributed by atoms with Gasteiger partial charge < -0.3 is 10.4 Å². The molecule has 0 aromatic carbocycles. The van der Waals surface area contributed by atoms with E-state index in [9.17, 15) is 0 Å². The highest BCUT2D eigenvalue weighted by atomic mass is 79.9. The summed E-state index contributed by atoms with van der Waals surface area (Å²) in [5.74, 6) is 0. The summed E-state index contributed by atoms with van der Waals surface area (Å²) in [6.07, 6.45) is 5.21. The van der Waals surface area contributed by atoms with Gasteiger partial charge >= 0.3 is 0 Å². The number of anilines is 1. The average molecular weight is 273 g/mol. The average Bonchev–Trinajstić information content (AvgIpc) is 2.22. The first-order valence-corrected chi connectivity index (χ1v) is 5.89. The molecule has 1 aromatic rings. The third-order valence-electron chi connectivity index (χ3n) is 2.65. The Hall–Kier alpha value is -0.610. The monoisotopic (exact) mass is 272 g/mol.